The van der Waals surface area contributed by atoms with Crippen LogP contribution in [0.15, 0.2) is 22.7 Å². The second-order valence-electron chi connectivity index (χ2n) is 3.27. The maximum absolute atomic E-state index is 13.1. The molecule has 0 aliphatic heterocycles. The van der Waals surface area contributed by atoms with Gasteiger partial charge in [-0.2, -0.15) is 0 Å². The Morgan fingerprint density at radius 3 is 2.88 bits per heavy atom. The van der Waals surface area contributed by atoms with E-state index in [4.69, 9.17) is 5.73 Å². The van der Waals surface area contributed by atoms with Gasteiger partial charge >= 0.3 is 0 Å². The largest absolute Gasteiger partial charge is 0.329 e. The molecule has 4 heteroatoms. The Morgan fingerprint density at radius 2 is 2.31 bits per heavy atom. The van der Waals surface area contributed by atoms with Crippen molar-refractivity contribution in [1.82, 2.24) is 5.32 Å². The number of rotatable bonds is 4. The van der Waals surface area contributed by atoms with E-state index in [2.05, 4.69) is 33.1 Å². The van der Waals surface area contributed by atoms with Crippen LogP contribution in [-0.4, -0.2) is 13.1 Å². The van der Waals surface area contributed by atoms with Crippen molar-refractivity contribution < 1.29 is 4.39 Å². The Balaban J connectivity index is 2.77. The zero-order chi connectivity index (χ0) is 12.0. The average molecular weight is 285 g/mol. The van der Waals surface area contributed by atoms with Gasteiger partial charge < -0.3 is 5.73 Å². The summed E-state index contributed by atoms with van der Waals surface area (Å²) in [5.41, 5.74) is 6.61. The highest BCUT2D eigenvalue weighted by Gasteiger charge is 2.10. The van der Waals surface area contributed by atoms with Crippen LogP contribution in [0.2, 0.25) is 0 Å². The molecule has 0 spiro atoms. The first kappa shape index (κ1) is 13.2. The van der Waals surface area contributed by atoms with Crippen LogP contribution in [0, 0.1) is 17.7 Å². The van der Waals surface area contributed by atoms with Crippen LogP contribution in [0.25, 0.3) is 0 Å². The van der Waals surface area contributed by atoms with E-state index in [0.717, 1.165) is 5.56 Å². The van der Waals surface area contributed by atoms with Crippen LogP contribution in [0.4, 0.5) is 4.39 Å². The minimum absolute atomic E-state index is 0.00208. The normalized spacial score (nSPS) is 11.8. The summed E-state index contributed by atoms with van der Waals surface area (Å²) < 4.78 is 13.5. The van der Waals surface area contributed by atoms with Gasteiger partial charge in [-0.05, 0) is 40.5 Å². The Hall–Kier alpha value is -0.890. The number of halogens is 2. The molecule has 0 bridgehead atoms. The highest BCUT2D eigenvalue weighted by molar-refractivity contribution is 9.10. The predicted octanol–water partition coefficient (Wildman–Crippen LogP) is 2.20. The quantitative estimate of drug-likeness (QED) is 0.832. The van der Waals surface area contributed by atoms with E-state index < -0.39 is 0 Å². The fraction of sp³-hybridized carbons (Fsp3) is 0.333. The molecule has 0 radical (unpaired) electrons. The molecule has 0 fully saturated rings. The van der Waals surface area contributed by atoms with E-state index in [9.17, 15) is 4.39 Å². The van der Waals surface area contributed by atoms with E-state index >= 15 is 0 Å². The number of hydrogen-bond acceptors (Lipinski definition) is 2. The summed E-state index contributed by atoms with van der Waals surface area (Å²) in [7, 11) is 0. The molecule has 1 atom stereocenters. The van der Waals surface area contributed by atoms with Gasteiger partial charge in [-0.25, -0.2) is 4.39 Å². The molecule has 0 aromatic heterocycles. The smallest absolute Gasteiger partial charge is 0.137 e. The minimum Gasteiger partial charge on any atom is -0.329 e. The van der Waals surface area contributed by atoms with Gasteiger partial charge in [0.1, 0.15) is 5.82 Å². The van der Waals surface area contributed by atoms with E-state index in [1.165, 1.54) is 6.07 Å². The third-order valence-corrected chi connectivity index (χ3v) is 2.80. The lowest BCUT2D eigenvalue weighted by molar-refractivity contribution is 0.576. The van der Waals surface area contributed by atoms with Gasteiger partial charge in [0, 0.05) is 12.6 Å². The molecule has 2 nitrogen and oxygen atoms in total. The molecule has 0 saturated heterocycles. The highest BCUT2D eigenvalue weighted by atomic mass is 79.9. The van der Waals surface area contributed by atoms with Crippen molar-refractivity contribution in [3.8, 4) is 11.8 Å². The monoisotopic (exact) mass is 284 g/mol. The fourth-order valence-electron chi connectivity index (χ4n) is 1.33. The molecule has 3 N–H and O–H groups in total. The predicted molar refractivity (Wildman–Crippen MR) is 67.3 cm³/mol. The molecular formula is C12H14BrFN2. The molecule has 1 rings (SSSR count). The molecule has 1 aromatic rings. The van der Waals surface area contributed by atoms with Crippen molar-refractivity contribution in [1.29, 1.82) is 0 Å². The first-order valence-corrected chi connectivity index (χ1v) is 5.76. The molecule has 86 valence electrons. The molecule has 0 aliphatic carbocycles. The SMILES string of the molecule is CC#CCNC(CN)c1ccc(F)c(Br)c1. The molecule has 1 unspecified atom stereocenters. The molecule has 0 heterocycles. The van der Waals surface area contributed by atoms with Gasteiger partial charge in [-0.15, -0.1) is 5.92 Å². The third kappa shape index (κ3) is 3.60. The lowest BCUT2D eigenvalue weighted by Gasteiger charge is -2.16. The zero-order valence-corrected chi connectivity index (χ0v) is 10.6. The van der Waals surface area contributed by atoms with Crippen LogP contribution < -0.4 is 11.1 Å². The van der Waals surface area contributed by atoms with Crippen LogP contribution in [-0.2, 0) is 0 Å². The summed E-state index contributed by atoms with van der Waals surface area (Å²) in [5, 5.41) is 3.19. The lowest BCUT2D eigenvalue weighted by Crippen LogP contribution is -2.28. The lowest BCUT2D eigenvalue weighted by atomic mass is 10.1. The maximum atomic E-state index is 13.1. The van der Waals surface area contributed by atoms with E-state index in [-0.39, 0.29) is 11.9 Å². The summed E-state index contributed by atoms with van der Waals surface area (Å²) in [4.78, 5) is 0. The molecule has 1 aromatic carbocycles. The van der Waals surface area contributed by atoms with Crippen LogP contribution in [0.5, 0.6) is 0 Å². The topological polar surface area (TPSA) is 38.0 Å². The Labute approximate surface area is 104 Å². The van der Waals surface area contributed by atoms with Crippen molar-refractivity contribution in [3.63, 3.8) is 0 Å². The van der Waals surface area contributed by atoms with Crippen LogP contribution in [0.3, 0.4) is 0 Å². The van der Waals surface area contributed by atoms with E-state index in [1.54, 1.807) is 19.1 Å². The zero-order valence-electron chi connectivity index (χ0n) is 9.06. The molecule has 0 amide bonds. The first-order valence-electron chi connectivity index (χ1n) is 4.97. The highest BCUT2D eigenvalue weighted by Crippen LogP contribution is 2.20. The number of hydrogen-bond donors (Lipinski definition) is 2. The van der Waals surface area contributed by atoms with Crippen molar-refractivity contribution in [2.75, 3.05) is 13.1 Å². The average Bonchev–Trinajstić information content (AvgIpc) is 2.29. The van der Waals surface area contributed by atoms with E-state index in [1.807, 2.05) is 0 Å². The standard InChI is InChI=1S/C12H14BrFN2/c1-2-3-6-16-12(8-15)9-4-5-11(14)10(13)7-9/h4-5,7,12,16H,6,8,15H2,1H3. The first-order chi connectivity index (χ1) is 7.69. The van der Waals surface area contributed by atoms with Gasteiger partial charge in [0.25, 0.3) is 0 Å². The summed E-state index contributed by atoms with van der Waals surface area (Å²) in [6.07, 6.45) is 0. The minimum atomic E-state index is -0.270. The maximum Gasteiger partial charge on any atom is 0.137 e. The Bertz CT molecular complexity index is 409. The number of benzene rings is 1. The van der Waals surface area contributed by atoms with Gasteiger partial charge in [-0.3, -0.25) is 5.32 Å². The molecule has 0 saturated carbocycles. The van der Waals surface area contributed by atoms with Crippen molar-refractivity contribution >= 4 is 15.9 Å². The Kier molecular flexibility index (Phi) is 5.47. The van der Waals surface area contributed by atoms with Crippen molar-refractivity contribution in [2.45, 2.75) is 13.0 Å². The van der Waals surface area contributed by atoms with Gasteiger partial charge in [0.15, 0.2) is 0 Å². The summed E-state index contributed by atoms with van der Waals surface area (Å²) in [6, 6.07) is 4.89. The van der Waals surface area contributed by atoms with Gasteiger partial charge in [-0.1, -0.05) is 12.0 Å². The molecule has 16 heavy (non-hydrogen) atoms. The molecular weight excluding hydrogens is 271 g/mol. The van der Waals surface area contributed by atoms with Gasteiger partial charge in [0.2, 0.25) is 0 Å². The van der Waals surface area contributed by atoms with Crippen LogP contribution in [0.1, 0.15) is 18.5 Å². The summed E-state index contributed by atoms with van der Waals surface area (Å²) >= 11 is 3.15. The van der Waals surface area contributed by atoms with Crippen LogP contribution >= 0.6 is 15.9 Å². The van der Waals surface area contributed by atoms with Gasteiger partial charge in [0.05, 0.1) is 11.0 Å². The van der Waals surface area contributed by atoms with E-state index in [0.29, 0.717) is 17.6 Å². The second-order valence-corrected chi connectivity index (χ2v) is 4.12. The fourth-order valence-corrected chi connectivity index (χ4v) is 1.73. The summed E-state index contributed by atoms with van der Waals surface area (Å²) in [6.45, 7) is 2.81. The molecule has 0 aliphatic rings. The Morgan fingerprint density at radius 1 is 1.56 bits per heavy atom. The van der Waals surface area contributed by atoms with Crippen molar-refractivity contribution in [2.24, 2.45) is 5.73 Å². The van der Waals surface area contributed by atoms with Crippen molar-refractivity contribution in [3.05, 3.63) is 34.1 Å². The third-order valence-electron chi connectivity index (χ3n) is 2.20. The summed E-state index contributed by atoms with van der Waals surface area (Å²) in [5.74, 6) is 5.43. The number of nitrogens with two attached hydrogens (primary N) is 1. The number of nitrogens with one attached hydrogen (secondary N) is 1. The second kappa shape index (κ2) is 6.64.